The Labute approximate surface area is 240 Å². The maximum absolute atomic E-state index is 11.7. The highest BCUT2D eigenvalue weighted by Gasteiger charge is 2.03. The Morgan fingerprint density at radius 1 is 0.600 bits per heavy atom. The molecule has 230 valence electrons. The lowest BCUT2D eigenvalue weighted by Gasteiger charge is -2.09. The van der Waals surface area contributed by atoms with Crippen LogP contribution in [0.2, 0.25) is 0 Å². The summed E-state index contributed by atoms with van der Waals surface area (Å²) in [7, 11) is 0. The summed E-state index contributed by atoms with van der Waals surface area (Å²) < 4.78 is 38.0. The van der Waals surface area contributed by atoms with E-state index in [1.807, 2.05) is 0 Å². The molecule has 0 heterocycles. The summed E-state index contributed by atoms with van der Waals surface area (Å²) in [5, 5.41) is 2.71. The number of nitrogens with one attached hydrogen (secondary N) is 1. The monoisotopic (exact) mass is 569 g/mol. The number of amides is 1. The molecule has 1 rings (SSSR count). The van der Waals surface area contributed by atoms with Crippen LogP contribution in [-0.4, -0.2) is 91.2 Å². The molecule has 0 aliphatic heterocycles. The first-order valence-electron chi connectivity index (χ1n) is 14.7. The number of hydrogen-bond donors (Lipinski definition) is 1. The van der Waals surface area contributed by atoms with Gasteiger partial charge in [0.1, 0.15) is 19.0 Å². The second-order valence-corrected chi connectivity index (χ2v) is 9.21. The predicted molar refractivity (Wildman–Crippen MR) is 154 cm³/mol. The molecule has 0 bridgehead atoms. The molecule has 1 aromatic carbocycles. The summed E-state index contributed by atoms with van der Waals surface area (Å²) >= 11 is 0. The first kappa shape index (κ1) is 35.8. The highest BCUT2D eigenvalue weighted by molar-refractivity contribution is 5.88. The van der Waals surface area contributed by atoms with Crippen LogP contribution in [0.15, 0.2) is 24.3 Å². The van der Waals surface area contributed by atoms with Crippen LogP contribution in [-0.2, 0) is 38.0 Å². The molecule has 0 aromatic heterocycles. The molecule has 0 radical (unpaired) electrons. The van der Waals surface area contributed by atoms with Crippen molar-refractivity contribution in [2.75, 3.05) is 84.6 Å². The minimum atomic E-state index is -0.142. The molecule has 0 spiro atoms. The maximum atomic E-state index is 11.7. The predicted octanol–water partition coefficient (Wildman–Crippen LogP) is 4.79. The van der Waals surface area contributed by atoms with Crippen LogP contribution in [0.25, 0.3) is 0 Å². The van der Waals surface area contributed by atoms with Crippen molar-refractivity contribution in [2.45, 2.75) is 65.2 Å². The molecule has 10 heteroatoms. The highest BCUT2D eigenvalue weighted by atomic mass is 16.6. The fourth-order valence-electron chi connectivity index (χ4n) is 3.55. The van der Waals surface area contributed by atoms with E-state index >= 15 is 0 Å². The molecule has 0 fully saturated rings. The molecule has 0 aliphatic rings. The second-order valence-electron chi connectivity index (χ2n) is 9.21. The van der Waals surface area contributed by atoms with E-state index < -0.39 is 0 Å². The summed E-state index contributed by atoms with van der Waals surface area (Å²) in [5.41, 5.74) is 0.732. The van der Waals surface area contributed by atoms with Crippen LogP contribution in [0.4, 0.5) is 5.69 Å². The zero-order valence-electron chi connectivity index (χ0n) is 24.6. The molecule has 1 amide bonds. The molecular weight excluding hydrogens is 518 g/mol. The number of carbonyl (C=O) groups excluding carboxylic acids is 2. The van der Waals surface area contributed by atoms with Crippen molar-refractivity contribution in [3.63, 3.8) is 0 Å². The third-order valence-corrected chi connectivity index (χ3v) is 5.63. The fourth-order valence-corrected chi connectivity index (χ4v) is 3.55. The van der Waals surface area contributed by atoms with E-state index in [-0.39, 0.29) is 18.5 Å². The zero-order valence-corrected chi connectivity index (χ0v) is 24.6. The zero-order chi connectivity index (χ0) is 28.9. The maximum Gasteiger partial charge on any atom is 0.305 e. The molecule has 0 saturated carbocycles. The van der Waals surface area contributed by atoms with Gasteiger partial charge in [-0.1, -0.05) is 45.4 Å². The third-order valence-electron chi connectivity index (χ3n) is 5.63. The number of esters is 1. The lowest BCUT2D eigenvalue weighted by Crippen LogP contribution is -2.15. The van der Waals surface area contributed by atoms with Crippen molar-refractivity contribution in [3.8, 4) is 5.75 Å². The number of anilines is 1. The van der Waals surface area contributed by atoms with Crippen LogP contribution in [0.3, 0.4) is 0 Å². The van der Waals surface area contributed by atoms with Crippen molar-refractivity contribution < 1.29 is 42.7 Å². The quantitative estimate of drug-likeness (QED) is 0.112. The van der Waals surface area contributed by atoms with Gasteiger partial charge in [0.25, 0.3) is 0 Å². The van der Waals surface area contributed by atoms with Crippen LogP contribution in [0.1, 0.15) is 65.2 Å². The Morgan fingerprint density at radius 2 is 1.05 bits per heavy atom. The van der Waals surface area contributed by atoms with Gasteiger partial charge in [-0.25, -0.2) is 0 Å². The average Bonchev–Trinajstić information content (AvgIpc) is 2.94. The van der Waals surface area contributed by atoms with E-state index in [9.17, 15) is 9.59 Å². The van der Waals surface area contributed by atoms with Gasteiger partial charge in [-0.05, 0) is 30.7 Å². The molecule has 10 nitrogen and oxygen atoms in total. The average molecular weight is 570 g/mol. The van der Waals surface area contributed by atoms with E-state index in [4.69, 9.17) is 33.2 Å². The number of carbonyl (C=O) groups is 2. The van der Waals surface area contributed by atoms with E-state index in [1.54, 1.807) is 24.3 Å². The molecule has 1 aromatic rings. The number of unbranched alkanes of at least 4 members (excludes halogenated alkanes) is 6. The first-order valence-corrected chi connectivity index (χ1v) is 14.7. The molecule has 0 unspecified atom stereocenters. The van der Waals surface area contributed by atoms with Gasteiger partial charge in [-0.2, -0.15) is 0 Å². The van der Waals surface area contributed by atoms with E-state index in [0.29, 0.717) is 79.1 Å². The minimum Gasteiger partial charge on any atom is -0.491 e. The first-order chi connectivity index (χ1) is 19.6. The molecule has 40 heavy (non-hydrogen) atoms. The lowest BCUT2D eigenvalue weighted by molar-refractivity contribution is -0.145. The van der Waals surface area contributed by atoms with Crippen LogP contribution >= 0.6 is 0 Å². The normalized spacial score (nSPS) is 10.9. The van der Waals surface area contributed by atoms with Gasteiger partial charge in [0.2, 0.25) is 5.91 Å². The second kappa shape index (κ2) is 27.0. The number of ether oxygens (including phenoxy) is 7. The Hall–Kier alpha value is -2.24. The third kappa shape index (κ3) is 23.6. The van der Waals surface area contributed by atoms with Gasteiger partial charge < -0.3 is 38.5 Å². The summed E-state index contributed by atoms with van der Waals surface area (Å²) in [6.07, 6.45) is 8.79. The minimum absolute atomic E-state index is 0.107. The van der Waals surface area contributed by atoms with E-state index in [0.717, 1.165) is 24.3 Å². The van der Waals surface area contributed by atoms with Gasteiger partial charge in [-0.3, -0.25) is 9.59 Å². The molecule has 0 saturated heterocycles. The van der Waals surface area contributed by atoms with Crippen LogP contribution in [0, 0.1) is 0 Å². The molecular formula is C30H51NO9. The standard InChI is InChI=1S/C30H51NO9/c1-3-4-5-6-7-8-9-10-30(33)40-26-24-38-22-20-36-18-16-34-15-17-35-19-21-37-23-25-39-29-13-11-28(12-14-29)31-27(2)32/h11-14H,3-10,15-26H2,1-2H3,(H,31,32). The van der Waals surface area contributed by atoms with Gasteiger partial charge in [0.15, 0.2) is 0 Å². The van der Waals surface area contributed by atoms with Crippen molar-refractivity contribution in [2.24, 2.45) is 0 Å². The Bertz CT molecular complexity index is 730. The number of rotatable bonds is 28. The highest BCUT2D eigenvalue weighted by Crippen LogP contribution is 2.15. The Kier molecular flexibility index (Phi) is 24.1. The van der Waals surface area contributed by atoms with Gasteiger partial charge in [0.05, 0.1) is 66.1 Å². The lowest BCUT2D eigenvalue weighted by atomic mass is 10.1. The smallest absolute Gasteiger partial charge is 0.305 e. The largest absolute Gasteiger partial charge is 0.491 e. The van der Waals surface area contributed by atoms with Crippen LogP contribution < -0.4 is 10.1 Å². The van der Waals surface area contributed by atoms with Crippen molar-refractivity contribution in [1.29, 1.82) is 0 Å². The van der Waals surface area contributed by atoms with Gasteiger partial charge in [0, 0.05) is 19.0 Å². The number of benzene rings is 1. The fraction of sp³-hybridized carbons (Fsp3) is 0.733. The summed E-state index contributed by atoms with van der Waals surface area (Å²) in [6, 6.07) is 7.17. The Morgan fingerprint density at radius 3 is 1.55 bits per heavy atom. The summed E-state index contributed by atoms with van der Waals surface area (Å²) in [6.45, 7) is 9.06. The topological polar surface area (TPSA) is 111 Å². The SMILES string of the molecule is CCCCCCCCCC(=O)OCCOCCOCCOCCOCCOCCOc1ccc(NC(C)=O)cc1. The van der Waals surface area contributed by atoms with E-state index in [2.05, 4.69) is 12.2 Å². The molecule has 0 aliphatic carbocycles. The van der Waals surface area contributed by atoms with Gasteiger partial charge in [-0.15, -0.1) is 0 Å². The Balaban J connectivity index is 1.74. The van der Waals surface area contributed by atoms with E-state index in [1.165, 1.54) is 39.0 Å². The van der Waals surface area contributed by atoms with Crippen molar-refractivity contribution in [3.05, 3.63) is 24.3 Å². The van der Waals surface area contributed by atoms with Crippen molar-refractivity contribution in [1.82, 2.24) is 0 Å². The summed E-state index contributed by atoms with van der Waals surface area (Å²) in [4.78, 5) is 22.7. The number of hydrogen-bond acceptors (Lipinski definition) is 9. The molecule has 1 N–H and O–H groups in total. The van der Waals surface area contributed by atoms with Crippen LogP contribution in [0.5, 0.6) is 5.75 Å². The summed E-state index contributed by atoms with van der Waals surface area (Å²) in [5.74, 6) is 0.468. The molecule has 0 atom stereocenters. The van der Waals surface area contributed by atoms with Crippen molar-refractivity contribution >= 4 is 17.6 Å². The van der Waals surface area contributed by atoms with Gasteiger partial charge >= 0.3 is 5.97 Å².